The third kappa shape index (κ3) is 7.10. The molecular formula is C22H31N3O4. The van der Waals surface area contributed by atoms with Crippen molar-refractivity contribution in [2.75, 3.05) is 41.5 Å². The van der Waals surface area contributed by atoms with Gasteiger partial charge in [0.05, 0.1) is 27.9 Å². The monoisotopic (exact) mass is 401 g/mol. The van der Waals surface area contributed by atoms with E-state index in [0.717, 1.165) is 35.0 Å². The van der Waals surface area contributed by atoms with Gasteiger partial charge >= 0.3 is 0 Å². The van der Waals surface area contributed by atoms with Crippen LogP contribution < -0.4 is 29.6 Å². The fraction of sp³-hybridized carbons (Fsp3) is 0.409. The zero-order valence-corrected chi connectivity index (χ0v) is 17.8. The van der Waals surface area contributed by atoms with Crippen LogP contribution in [0.5, 0.6) is 23.0 Å². The molecule has 0 heterocycles. The average molecular weight is 402 g/mol. The van der Waals surface area contributed by atoms with Crippen molar-refractivity contribution in [1.82, 2.24) is 10.6 Å². The van der Waals surface area contributed by atoms with Gasteiger partial charge in [-0.1, -0.05) is 6.07 Å². The first-order chi connectivity index (χ1) is 14.1. The molecule has 0 saturated carbocycles. The largest absolute Gasteiger partial charge is 0.497 e. The lowest BCUT2D eigenvalue weighted by Crippen LogP contribution is -2.42. The second-order valence-corrected chi connectivity index (χ2v) is 6.42. The van der Waals surface area contributed by atoms with E-state index in [1.807, 2.05) is 49.4 Å². The van der Waals surface area contributed by atoms with Crippen molar-refractivity contribution >= 4 is 5.96 Å². The molecule has 0 fully saturated rings. The van der Waals surface area contributed by atoms with Crippen LogP contribution >= 0.6 is 0 Å². The van der Waals surface area contributed by atoms with Crippen molar-refractivity contribution in [3.05, 3.63) is 48.0 Å². The molecule has 2 aromatic carbocycles. The van der Waals surface area contributed by atoms with Crippen LogP contribution in [0.25, 0.3) is 0 Å². The van der Waals surface area contributed by atoms with Gasteiger partial charge in [-0.25, -0.2) is 0 Å². The third-order valence-electron chi connectivity index (χ3n) is 4.33. The summed E-state index contributed by atoms with van der Waals surface area (Å²) in [4.78, 5) is 4.26. The molecule has 1 atom stereocenters. The van der Waals surface area contributed by atoms with Crippen LogP contribution in [-0.2, 0) is 6.42 Å². The molecule has 2 aromatic rings. The minimum Gasteiger partial charge on any atom is -0.497 e. The number of hydrogen-bond acceptors (Lipinski definition) is 5. The fourth-order valence-electron chi connectivity index (χ4n) is 2.80. The molecule has 1 unspecified atom stereocenters. The van der Waals surface area contributed by atoms with E-state index in [0.29, 0.717) is 19.0 Å². The van der Waals surface area contributed by atoms with E-state index in [2.05, 4.69) is 15.6 Å². The molecule has 0 aliphatic heterocycles. The molecule has 0 aromatic heterocycles. The van der Waals surface area contributed by atoms with Crippen LogP contribution in [0.15, 0.2) is 47.5 Å². The lowest BCUT2D eigenvalue weighted by atomic mass is 10.1. The summed E-state index contributed by atoms with van der Waals surface area (Å²) < 4.78 is 21.9. The quantitative estimate of drug-likeness (QED) is 0.471. The Morgan fingerprint density at radius 3 is 2.34 bits per heavy atom. The fourth-order valence-corrected chi connectivity index (χ4v) is 2.80. The smallest absolute Gasteiger partial charge is 0.191 e. The Morgan fingerprint density at radius 1 is 0.931 bits per heavy atom. The number of rotatable bonds is 10. The van der Waals surface area contributed by atoms with E-state index in [9.17, 15) is 0 Å². The molecule has 2 N–H and O–H groups in total. The molecule has 2 rings (SSSR count). The van der Waals surface area contributed by atoms with Crippen LogP contribution in [0.2, 0.25) is 0 Å². The first kappa shape index (κ1) is 22.2. The Kier molecular flexibility index (Phi) is 8.95. The Morgan fingerprint density at radius 2 is 1.66 bits per heavy atom. The molecule has 29 heavy (non-hydrogen) atoms. The second-order valence-electron chi connectivity index (χ2n) is 6.42. The highest BCUT2D eigenvalue weighted by atomic mass is 16.5. The average Bonchev–Trinajstić information content (AvgIpc) is 2.75. The number of benzene rings is 2. The van der Waals surface area contributed by atoms with Gasteiger partial charge < -0.3 is 29.6 Å². The summed E-state index contributed by atoms with van der Waals surface area (Å²) >= 11 is 0. The number of nitrogens with one attached hydrogen (secondary N) is 2. The molecule has 0 aliphatic carbocycles. The van der Waals surface area contributed by atoms with Gasteiger partial charge in [-0.15, -0.1) is 0 Å². The van der Waals surface area contributed by atoms with Crippen LogP contribution in [0.4, 0.5) is 0 Å². The van der Waals surface area contributed by atoms with Crippen LogP contribution in [-0.4, -0.2) is 53.5 Å². The van der Waals surface area contributed by atoms with Crippen molar-refractivity contribution in [3.8, 4) is 23.0 Å². The van der Waals surface area contributed by atoms with Crippen molar-refractivity contribution in [2.24, 2.45) is 4.99 Å². The number of aliphatic imine (C=N–C) groups is 1. The topological polar surface area (TPSA) is 73.3 Å². The van der Waals surface area contributed by atoms with E-state index in [-0.39, 0.29) is 6.10 Å². The third-order valence-corrected chi connectivity index (χ3v) is 4.33. The van der Waals surface area contributed by atoms with E-state index in [1.54, 1.807) is 28.4 Å². The van der Waals surface area contributed by atoms with Gasteiger partial charge in [0.1, 0.15) is 29.1 Å². The molecule has 0 spiro atoms. The van der Waals surface area contributed by atoms with Crippen LogP contribution in [0.1, 0.15) is 12.5 Å². The highest BCUT2D eigenvalue weighted by Gasteiger charge is 2.08. The zero-order valence-electron chi connectivity index (χ0n) is 17.8. The molecular weight excluding hydrogens is 370 g/mol. The minimum atomic E-state index is -0.0425. The van der Waals surface area contributed by atoms with Gasteiger partial charge in [-0.2, -0.15) is 0 Å². The van der Waals surface area contributed by atoms with Gasteiger partial charge in [0.2, 0.25) is 0 Å². The van der Waals surface area contributed by atoms with Crippen molar-refractivity contribution in [2.45, 2.75) is 19.4 Å². The molecule has 7 heteroatoms. The van der Waals surface area contributed by atoms with E-state index >= 15 is 0 Å². The standard InChI is InChI=1S/C22H31N3O4/c1-16(29-20-8-6-7-18(14-20)26-3)15-25-22(23-2)24-12-11-17-13-19(27-4)9-10-21(17)28-5/h6-10,13-14,16H,11-12,15H2,1-5H3,(H2,23,24,25). The summed E-state index contributed by atoms with van der Waals surface area (Å²) in [7, 11) is 6.71. The minimum absolute atomic E-state index is 0.0425. The predicted octanol–water partition coefficient (Wildman–Crippen LogP) is 2.89. The SMILES string of the molecule is CN=C(NCCc1cc(OC)ccc1OC)NCC(C)Oc1cccc(OC)c1. The summed E-state index contributed by atoms with van der Waals surface area (Å²) in [5.41, 5.74) is 1.07. The molecule has 0 aliphatic rings. The number of nitrogens with zero attached hydrogens (tertiary/aromatic N) is 1. The highest BCUT2D eigenvalue weighted by molar-refractivity contribution is 5.79. The lowest BCUT2D eigenvalue weighted by molar-refractivity contribution is 0.223. The summed E-state index contributed by atoms with van der Waals surface area (Å²) in [6.45, 7) is 3.31. The Hall–Kier alpha value is -3.09. The molecule has 7 nitrogen and oxygen atoms in total. The number of ether oxygens (including phenoxy) is 4. The summed E-state index contributed by atoms with van der Waals surface area (Å²) in [6.07, 6.45) is 0.732. The maximum atomic E-state index is 5.93. The molecule has 0 bridgehead atoms. The van der Waals surface area contributed by atoms with Crippen molar-refractivity contribution < 1.29 is 18.9 Å². The zero-order chi connectivity index (χ0) is 21.1. The van der Waals surface area contributed by atoms with E-state index in [4.69, 9.17) is 18.9 Å². The molecule has 158 valence electrons. The number of hydrogen-bond donors (Lipinski definition) is 2. The van der Waals surface area contributed by atoms with Gasteiger partial charge in [0, 0.05) is 19.7 Å². The van der Waals surface area contributed by atoms with Crippen molar-refractivity contribution in [1.29, 1.82) is 0 Å². The van der Waals surface area contributed by atoms with Crippen molar-refractivity contribution in [3.63, 3.8) is 0 Å². The Bertz CT molecular complexity index is 795. The molecule has 0 saturated heterocycles. The summed E-state index contributed by atoms with van der Waals surface area (Å²) in [5.74, 6) is 3.91. The normalized spacial score (nSPS) is 12.1. The first-order valence-electron chi connectivity index (χ1n) is 9.55. The van der Waals surface area contributed by atoms with Gasteiger partial charge in [-0.3, -0.25) is 4.99 Å². The van der Waals surface area contributed by atoms with Crippen LogP contribution in [0, 0.1) is 0 Å². The van der Waals surface area contributed by atoms with Crippen LogP contribution in [0.3, 0.4) is 0 Å². The maximum absolute atomic E-state index is 5.93. The second kappa shape index (κ2) is 11.7. The van der Waals surface area contributed by atoms with E-state index in [1.165, 1.54) is 0 Å². The number of methoxy groups -OCH3 is 3. The van der Waals surface area contributed by atoms with E-state index < -0.39 is 0 Å². The van der Waals surface area contributed by atoms with Gasteiger partial charge in [-0.05, 0) is 49.2 Å². The maximum Gasteiger partial charge on any atom is 0.191 e. The van der Waals surface area contributed by atoms with Gasteiger partial charge in [0.15, 0.2) is 5.96 Å². The predicted molar refractivity (Wildman–Crippen MR) is 116 cm³/mol. The molecule has 0 amide bonds. The molecule has 0 radical (unpaired) electrons. The first-order valence-corrected chi connectivity index (χ1v) is 9.55. The Balaban J connectivity index is 1.80. The summed E-state index contributed by atoms with van der Waals surface area (Å²) in [5, 5.41) is 6.59. The summed E-state index contributed by atoms with van der Waals surface area (Å²) in [6, 6.07) is 13.4. The van der Waals surface area contributed by atoms with Gasteiger partial charge in [0.25, 0.3) is 0 Å². The highest BCUT2D eigenvalue weighted by Crippen LogP contribution is 2.24. The number of guanidine groups is 1. The lowest BCUT2D eigenvalue weighted by Gasteiger charge is -2.18. The Labute approximate surface area is 173 Å².